The molecular weight excluding hydrogens is 288 g/mol. The minimum Gasteiger partial charge on any atom is -0.444 e. The number of para-hydroxylation sites is 1. The largest absolute Gasteiger partial charge is 0.444 e. The minimum absolute atomic E-state index is 0.00612. The van der Waals surface area contributed by atoms with Gasteiger partial charge in [-0.15, -0.1) is 0 Å². The summed E-state index contributed by atoms with van der Waals surface area (Å²) in [5.41, 5.74) is 2.44. The van der Waals surface area contributed by atoms with Gasteiger partial charge in [0.1, 0.15) is 6.26 Å². The van der Waals surface area contributed by atoms with Gasteiger partial charge < -0.3 is 9.32 Å². The Morgan fingerprint density at radius 2 is 1.70 bits per heavy atom. The van der Waals surface area contributed by atoms with Crippen LogP contribution in [0.25, 0.3) is 11.5 Å². The van der Waals surface area contributed by atoms with E-state index in [2.05, 4.69) is 4.98 Å². The van der Waals surface area contributed by atoms with Crippen LogP contribution < -0.4 is 4.90 Å². The molecule has 0 aliphatic carbocycles. The number of likely N-dealkylation sites (N-methyl/N-ethyl adjacent to an activating group) is 1. The highest BCUT2D eigenvalue weighted by Gasteiger charge is 2.16. The number of aromatic nitrogens is 1. The Morgan fingerprint density at radius 1 is 1.04 bits per heavy atom. The van der Waals surface area contributed by atoms with Crippen molar-refractivity contribution in [2.45, 2.75) is 13.3 Å². The molecule has 1 amide bonds. The summed E-state index contributed by atoms with van der Waals surface area (Å²) < 4.78 is 5.49. The van der Waals surface area contributed by atoms with Crippen LogP contribution in [0.5, 0.6) is 0 Å². The Kier molecular flexibility index (Phi) is 4.52. The fourth-order valence-electron chi connectivity index (χ4n) is 2.46. The fourth-order valence-corrected chi connectivity index (χ4v) is 2.46. The van der Waals surface area contributed by atoms with Crippen LogP contribution in [0, 0.1) is 0 Å². The van der Waals surface area contributed by atoms with E-state index in [0.717, 1.165) is 11.3 Å². The third-order valence-corrected chi connectivity index (χ3v) is 3.59. The summed E-state index contributed by atoms with van der Waals surface area (Å²) in [5.74, 6) is 0.544. The highest BCUT2D eigenvalue weighted by atomic mass is 16.3. The maximum Gasteiger partial charge on any atom is 0.233 e. The molecule has 0 radical (unpaired) electrons. The second-order valence-electron chi connectivity index (χ2n) is 5.16. The molecule has 0 saturated carbocycles. The number of anilines is 1. The number of carbonyl (C=O) groups is 1. The Morgan fingerprint density at radius 3 is 2.35 bits per heavy atom. The molecule has 0 fully saturated rings. The number of benzene rings is 2. The molecule has 0 atom stereocenters. The first-order valence-corrected chi connectivity index (χ1v) is 7.63. The topological polar surface area (TPSA) is 46.3 Å². The van der Waals surface area contributed by atoms with Crippen molar-refractivity contribution in [2.75, 3.05) is 11.4 Å². The van der Waals surface area contributed by atoms with Crippen LogP contribution >= 0.6 is 0 Å². The molecule has 1 heterocycles. The van der Waals surface area contributed by atoms with Crippen molar-refractivity contribution < 1.29 is 9.21 Å². The lowest BCUT2D eigenvalue weighted by atomic mass is 10.2. The van der Waals surface area contributed by atoms with Crippen molar-refractivity contribution in [1.82, 2.24) is 4.98 Å². The average Bonchev–Trinajstić information content (AvgIpc) is 3.06. The van der Waals surface area contributed by atoms with E-state index in [9.17, 15) is 4.79 Å². The van der Waals surface area contributed by atoms with Crippen molar-refractivity contribution in [3.63, 3.8) is 0 Å². The third-order valence-electron chi connectivity index (χ3n) is 3.59. The summed E-state index contributed by atoms with van der Waals surface area (Å²) in [7, 11) is 0. The second kappa shape index (κ2) is 6.92. The van der Waals surface area contributed by atoms with Crippen LogP contribution in [-0.2, 0) is 11.2 Å². The summed E-state index contributed by atoms with van der Waals surface area (Å²) >= 11 is 0. The minimum atomic E-state index is 0.00612. The Labute approximate surface area is 135 Å². The molecule has 23 heavy (non-hydrogen) atoms. The molecule has 0 spiro atoms. The number of amides is 1. The highest BCUT2D eigenvalue weighted by molar-refractivity contribution is 5.94. The predicted molar refractivity (Wildman–Crippen MR) is 90.1 cm³/mol. The van der Waals surface area contributed by atoms with Crippen molar-refractivity contribution in [3.05, 3.63) is 72.6 Å². The molecule has 3 rings (SSSR count). The van der Waals surface area contributed by atoms with Gasteiger partial charge in [-0.25, -0.2) is 4.98 Å². The molecule has 3 aromatic rings. The zero-order chi connectivity index (χ0) is 16.1. The smallest absolute Gasteiger partial charge is 0.233 e. The zero-order valence-corrected chi connectivity index (χ0v) is 13.0. The van der Waals surface area contributed by atoms with Crippen LogP contribution in [-0.4, -0.2) is 17.4 Å². The van der Waals surface area contributed by atoms with Crippen LogP contribution in [0.2, 0.25) is 0 Å². The van der Waals surface area contributed by atoms with Gasteiger partial charge in [0.2, 0.25) is 11.8 Å². The Bertz CT molecular complexity index is 766. The molecule has 4 heteroatoms. The SMILES string of the molecule is CCN(C(=O)Cc1coc(-c2ccccc2)n1)c1ccccc1. The number of nitrogens with zero attached hydrogens (tertiary/aromatic N) is 2. The number of carbonyl (C=O) groups excluding carboxylic acids is 1. The monoisotopic (exact) mass is 306 g/mol. The fraction of sp³-hybridized carbons (Fsp3) is 0.158. The van der Waals surface area contributed by atoms with E-state index in [1.165, 1.54) is 0 Å². The molecular formula is C19H18N2O2. The van der Waals surface area contributed by atoms with Gasteiger partial charge in [0, 0.05) is 17.8 Å². The van der Waals surface area contributed by atoms with Crippen molar-refractivity contribution in [1.29, 1.82) is 0 Å². The molecule has 0 unspecified atom stereocenters. The van der Waals surface area contributed by atoms with Crippen LogP contribution in [0.15, 0.2) is 71.3 Å². The number of rotatable bonds is 5. The maximum atomic E-state index is 12.5. The Balaban J connectivity index is 1.74. The van der Waals surface area contributed by atoms with E-state index in [-0.39, 0.29) is 12.3 Å². The van der Waals surface area contributed by atoms with Crippen molar-refractivity contribution in [3.8, 4) is 11.5 Å². The van der Waals surface area contributed by atoms with Gasteiger partial charge in [-0.1, -0.05) is 36.4 Å². The normalized spacial score (nSPS) is 10.5. The van der Waals surface area contributed by atoms with Gasteiger partial charge in [-0.2, -0.15) is 0 Å². The van der Waals surface area contributed by atoms with Crippen LogP contribution in [0.1, 0.15) is 12.6 Å². The van der Waals surface area contributed by atoms with Crippen LogP contribution in [0.3, 0.4) is 0 Å². The van der Waals surface area contributed by atoms with Gasteiger partial charge in [-0.05, 0) is 31.2 Å². The summed E-state index contributed by atoms with van der Waals surface area (Å²) in [6.07, 6.45) is 1.78. The van der Waals surface area contributed by atoms with Gasteiger partial charge >= 0.3 is 0 Å². The third kappa shape index (κ3) is 3.48. The Hall–Kier alpha value is -2.88. The first-order chi connectivity index (χ1) is 11.3. The molecule has 0 aliphatic heterocycles. The molecule has 0 aliphatic rings. The molecule has 2 aromatic carbocycles. The molecule has 0 bridgehead atoms. The van der Waals surface area contributed by atoms with E-state index in [1.807, 2.05) is 67.6 Å². The quantitative estimate of drug-likeness (QED) is 0.717. The van der Waals surface area contributed by atoms with E-state index in [1.54, 1.807) is 11.2 Å². The van der Waals surface area contributed by atoms with Gasteiger partial charge in [-0.3, -0.25) is 4.79 Å². The van der Waals surface area contributed by atoms with E-state index < -0.39 is 0 Å². The van der Waals surface area contributed by atoms with E-state index in [4.69, 9.17) is 4.42 Å². The first-order valence-electron chi connectivity index (χ1n) is 7.63. The second-order valence-corrected chi connectivity index (χ2v) is 5.16. The number of hydrogen-bond acceptors (Lipinski definition) is 3. The standard InChI is InChI=1S/C19H18N2O2/c1-2-21(17-11-7-4-8-12-17)18(22)13-16-14-23-19(20-16)15-9-5-3-6-10-15/h3-12,14H,2,13H2,1H3. The summed E-state index contributed by atoms with van der Waals surface area (Å²) in [6, 6.07) is 19.3. The van der Waals surface area contributed by atoms with Crippen molar-refractivity contribution in [2.24, 2.45) is 0 Å². The van der Waals surface area contributed by atoms with Crippen LogP contribution in [0.4, 0.5) is 5.69 Å². The van der Waals surface area contributed by atoms with Crippen molar-refractivity contribution >= 4 is 11.6 Å². The lowest BCUT2D eigenvalue weighted by Crippen LogP contribution is -2.32. The highest BCUT2D eigenvalue weighted by Crippen LogP contribution is 2.19. The van der Waals surface area contributed by atoms with E-state index in [0.29, 0.717) is 18.1 Å². The molecule has 0 N–H and O–H groups in total. The lowest BCUT2D eigenvalue weighted by Gasteiger charge is -2.20. The summed E-state index contributed by atoms with van der Waals surface area (Å²) in [6.45, 7) is 2.58. The molecule has 1 aromatic heterocycles. The van der Waals surface area contributed by atoms with E-state index >= 15 is 0 Å². The van der Waals surface area contributed by atoms with Gasteiger partial charge in [0.05, 0.1) is 12.1 Å². The predicted octanol–water partition coefficient (Wildman–Crippen LogP) is 3.94. The van der Waals surface area contributed by atoms with Gasteiger partial charge in [0.15, 0.2) is 0 Å². The number of oxazole rings is 1. The van der Waals surface area contributed by atoms with Gasteiger partial charge in [0.25, 0.3) is 0 Å². The average molecular weight is 306 g/mol. The molecule has 4 nitrogen and oxygen atoms in total. The zero-order valence-electron chi connectivity index (χ0n) is 13.0. The molecule has 116 valence electrons. The first kappa shape index (κ1) is 15.0. The lowest BCUT2D eigenvalue weighted by molar-refractivity contribution is -0.118. The summed E-state index contributed by atoms with van der Waals surface area (Å²) in [4.78, 5) is 18.7. The number of hydrogen-bond donors (Lipinski definition) is 0. The molecule has 0 saturated heterocycles. The summed E-state index contributed by atoms with van der Waals surface area (Å²) in [5, 5.41) is 0. The maximum absolute atomic E-state index is 12.5.